The predicted molar refractivity (Wildman–Crippen MR) is 72.9 cm³/mol. The monoisotopic (exact) mass is 310 g/mol. The summed E-state index contributed by atoms with van der Waals surface area (Å²) in [6.45, 7) is 1.21. The molecule has 116 valence electrons. The largest absolute Gasteiger partial charge is 0.466 e. The lowest BCUT2D eigenvalue weighted by Crippen LogP contribution is -2.30. The van der Waals surface area contributed by atoms with Gasteiger partial charge in [-0.05, 0) is 37.3 Å². The maximum atomic E-state index is 13.0. The predicted octanol–water partition coefficient (Wildman–Crippen LogP) is 3.49. The van der Waals surface area contributed by atoms with E-state index in [-0.39, 0.29) is 23.6 Å². The first-order chi connectivity index (χ1) is 10.2. The van der Waals surface area contributed by atoms with Gasteiger partial charge in [-0.2, -0.15) is 18.4 Å². The zero-order valence-corrected chi connectivity index (χ0v) is 11.6. The van der Waals surface area contributed by atoms with Crippen molar-refractivity contribution in [3.63, 3.8) is 0 Å². The minimum absolute atomic E-state index is 0.0909. The number of hydrogen-bond acceptors (Lipinski definition) is 4. The van der Waals surface area contributed by atoms with E-state index in [2.05, 4.69) is 5.32 Å². The number of alkyl halides is 3. The molecule has 0 aliphatic heterocycles. The fraction of sp³-hybridized carbons (Fsp3) is 0.267. The molecule has 7 heteroatoms. The molecule has 1 heterocycles. The molecule has 0 spiro atoms. The Morgan fingerprint density at radius 1 is 1.32 bits per heavy atom. The van der Waals surface area contributed by atoms with Gasteiger partial charge in [0, 0.05) is 5.69 Å². The number of hydrogen-bond donors (Lipinski definition) is 2. The first-order valence-electron chi connectivity index (χ1n) is 6.35. The van der Waals surface area contributed by atoms with Gasteiger partial charge in [0.15, 0.2) is 0 Å². The summed E-state index contributed by atoms with van der Waals surface area (Å²) in [5.41, 5.74) is -2.57. The molecule has 0 bridgehead atoms. The zero-order chi connectivity index (χ0) is 16.4. The number of furan rings is 1. The summed E-state index contributed by atoms with van der Waals surface area (Å²) < 4.78 is 44.0. The van der Waals surface area contributed by atoms with Crippen molar-refractivity contribution in [2.75, 3.05) is 11.9 Å². The summed E-state index contributed by atoms with van der Waals surface area (Å²) in [6.07, 6.45) is -3.20. The smallest absolute Gasteiger partial charge is 0.418 e. The van der Waals surface area contributed by atoms with Gasteiger partial charge in [0.05, 0.1) is 30.0 Å². The van der Waals surface area contributed by atoms with Crippen molar-refractivity contribution >= 4 is 5.69 Å². The molecule has 0 saturated carbocycles. The molecule has 4 nitrogen and oxygen atoms in total. The maximum Gasteiger partial charge on any atom is 0.418 e. The molecule has 2 N–H and O–H groups in total. The highest BCUT2D eigenvalue weighted by Crippen LogP contribution is 2.36. The third-order valence-corrected chi connectivity index (χ3v) is 3.13. The van der Waals surface area contributed by atoms with E-state index in [0.29, 0.717) is 0 Å². The summed E-state index contributed by atoms with van der Waals surface area (Å²) in [5, 5.41) is 21.6. The van der Waals surface area contributed by atoms with E-state index in [1.807, 2.05) is 0 Å². The van der Waals surface area contributed by atoms with Crippen molar-refractivity contribution in [3.8, 4) is 6.07 Å². The molecule has 1 aromatic heterocycles. The van der Waals surface area contributed by atoms with Gasteiger partial charge in [-0.3, -0.25) is 0 Å². The van der Waals surface area contributed by atoms with Crippen LogP contribution in [0.15, 0.2) is 41.0 Å². The lowest BCUT2D eigenvalue weighted by Gasteiger charge is -2.23. The molecule has 2 rings (SSSR count). The van der Waals surface area contributed by atoms with Crippen LogP contribution in [0.25, 0.3) is 0 Å². The normalized spacial score (nSPS) is 14.2. The first-order valence-corrected chi connectivity index (χ1v) is 6.35. The van der Waals surface area contributed by atoms with Crippen molar-refractivity contribution in [3.05, 3.63) is 53.5 Å². The molecule has 1 unspecified atom stereocenters. The number of nitriles is 1. The van der Waals surface area contributed by atoms with Crippen molar-refractivity contribution in [2.24, 2.45) is 0 Å². The van der Waals surface area contributed by atoms with Crippen LogP contribution in [-0.2, 0) is 11.8 Å². The van der Waals surface area contributed by atoms with E-state index in [0.717, 1.165) is 18.2 Å². The number of anilines is 1. The fourth-order valence-electron chi connectivity index (χ4n) is 1.95. The van der Waals surface area contributed by atoms with Crippen LogP contribution < -0.4 is 5.32 Å². The lowest BCUT2D eigenvalue weighted by atomic mass is 10.0. The third kappa shape index (κ3) is 3.40. The van der Waals surface area contributed by atoms with Gasteiger partial charge in [-0.1, -0.05) is 0 Å². The SMILES string of the molecule is CC(O)(CNc1cc(C#N)ccc1C(F)(F)F)c1ccco1. The quantitative estimate of drug-likeness (QED) is 0.907. The summed E-state index contributed by atoms with van der Waals surface area (Å²) in [7, 11) is 0. The van der Waals surface area contributed by atoms with Crippen LogP contribution in [0.1, 0.15) is 23.8 Å². The van der Waals surface area contributed by atoms with Gasteiger partial charge in [0.2, 0.25) is 0 Å². The molecule has 0 aliphatic rings. The average Bonchev–Trinajstić information content (AvgIpc) is 2.99. The maximum absolute atomic E-state index is 13.0. The Morgan fingerprint density at radius 2 is 2.05 bits per heavy atom. The molecule has 0 amide bonds. The molecule has 0 aliphatic carbocycles. The highest BCUT2D eigenvalue weighted by Gasteiger charge is 2.34. The summed E-state index contributed by atoms with van der Waals surface area (Å²) >= 11 is 0. The molecule has 0 radical (unpaired) electrons. The average molecular weight is 310 g/mol. The van der Waals surface area contributed by atoms with E-state index < -0.39 is 17.3 Å². The van der Waals surface area contributed by atoms with E-state index >= 15 is 0 Å². The van der Waals surface area contributed by atoms with Gasteiger partial charge < -0.3 is 14.8 Å². The Labute approximate surface area is 124 Å². The zero-order valence-electron chi connectivity index (χ0n) is 11.6. The second kappa shape index (κ2) is 5.73. The van der Waals surface area contributed by atoms with Crippen LogP contribution >= 0.6 is 0 Å². The van der Waals surface area contributed by atoms with Crippen molar-refractivity contribution in [1.82, 2.24) is 0 Å². The van der Waals surface area contributed by atoms with Crippen LogP contribution in [0.2, 0.25) is 0 Å². The van der Waals surface area contributed by atoms with Gasteiger partial charge in [0.1, 0.15) is 11.4 Å². The van der Waals surface area contributed by atoms with Crippen LogP contribution in [0.5, 0.6) is 0 Å². The summed E-state index contributed by atoms with van der Waals surface area (Å²) in [5.74, 6) is 0.227. The Morgan fingerprint density at radius 3 is 2.59 bits per heavy atom. The van der Waals surface area contributed by atoms with Crippen molar-refractivity contribution < 1.29 is 22.7 Å². The summed E-state index contributed by atoms with van der Waals surface area (Å²) in [6, 6.07) is 7.91. The van der Waals surface area contributed by atoms with Crippen molar-refractivity contribution in [2.45, 2.75) is 18.7 Å². The molecule has 2 aromatic rings. The number of halogens is 3. The van der Waals surface area contributed by atoms with Crippen LogP contribution in [0.3, 0.4) is 0 Å². The third-order valence-electron chi connectivity index (χ3n) is 3.13. The second-order valence-corrected chi connectivity index (χ2v) is 4.97. The van der Waals surface area contributed by atoms with Gasteiger partial charge >= 0.3 is 6.18 Å². The summed E-state index contributed by atoms with van der Waals surface area (Å²) in [4.78, 5) is 0. The molecule has 22 heavy (non-hydrogen) atoms. The van der Waals surface area contributed by atoms with E-state index in [9.17, 15) is 18.3 Å². The Kier molecular flexibility index (Phi) is 4.15. The minimum atomic E-state index is -4.56. The molecule has 0 saturated heterocycles. The van der Waals surface area contributed by atoms with Crippen LogP contribution in [-0.4, -0.2) is 11.7 Å². The topological polar surface area (TPSA) is 69.2 Å². The molecule has 0 fully saturated rings. The van der Waals surface area contributed by atoms with Crippen molar-refractivity contribution in [1.29, 1.82) is 5.26 Å². The van der Waals surface area contributed by atoms with Crippen LogP contribution in [0, 0.1) is 11.3 Å². The van der Waals surface area contributed by atoms with Gasteiger partial charge in [-0.25, -0.2) is 0 Å². The number of nitrogens with one attached hydrogen (secondary N) is 1. The first kappa shape index (κ1) is 15.9. The van der Waals surface area contributed by atoms with E-state index in [1.165, 1.54) is 19.3 Å². The molecule has 1 atom stereocenters. The fourth-order valence-corrected chi connectivity index (χ4v) is 1.95. The molecular formula is C15H13F3N2O2. The number of benzene rings is 1. The van der Waals surface area contributed by atoms with Gasteiger partial charge in [0.25, 0.3) is 0 Å². The highest BCUT2D eigenvalue weighted by atomic mass is 19.4. The van der Waals surface area contributed by atoms with E-state index in [4.69, 9.17) is 9.68 Å². The second-order valence-electron chi connectivity index (χ2n) is 4.97. The number of nitrogens with zero attached hydrogens (tertiary/aromatic N) is 1. The Hall–Kier alpha value is -2.46. The Bertz CT molecular complexity index is 686. The minimum Gasteiger partial charge on any atom is -0.466 e. The standard InChI is InChI=1S/C15H13F3N2O2/c1-14(21,13-3-2-6-22-13)9-20-12-7-10(8-19)4-5-11(12)15(16,17)18/h2-7,20-21H,9H2,1H3. The highest BCUT2D eigenvalue weighted by molar-refractivity contribution is 5.57. The molecular weight excluding hydrogens is 297 g/mol. The number of aliphatic hydroxyl groups is 1. The number of rotatable bonds is 4. The van der Waals surface area contributed by atoms with E-state index in [1.54, 1.807) is 12.1 Å². The van der Waals surface area contributed by atoms with Gasteiger partial charge in [-0.15, -0.1) is 0 Å². The lowest BCUT2D eigenvalue weighted by molar-refractivity contribution is -0.137. The molecule has 1 aromatic carbocycles. The van der Waals surface area contributed by atoms with Crippen LogP contribution in [0.4, 0.5) is 18.9 Å². The Balaban J connectivity index is 2.27.